The third kappa shape index (κ3) is 1.51. The van der Waals surface area contributed by atoms with Gasteiger partial charge in [-0.25, -0.2) is 8.42 Å². The molecule has 0 unspecified atom stereocenters. The summed E-state index contributed by atoms with van der Waals surface area (Å²) in [5.41, 5.74) is 5.51. The lowest BCUT2D eigenvalue weighted by Gasteiger charge is -2.00. The van der Waals surface area contributed by atoms with Crippen LogP contribution in [0.1, 0.15) is 5.82 Å². The molecule has 7 heteroatoms. The van der Waals surface area contributed by atoms with Crippen LogP contribution >= 0.6 is 0 Å². The number of nitrogens with two attached hydrogens (primary N) is 1. The number of nitrogen functional groups attached to an aromatic ring is 1. The van der Waals surface area contributed by atoms with Gasteiger partial charge in [-0.05, 0) is 0 Å². The monoisotopic (exact) mass is 202 g/mol. The van der Waals surface area contributed by atoms with E-state index in [4.69, 9.17) is 5.73 Å². The Morgan fingerprint density at radius 3 is 2.85 bits per heavy atom. The first-order valence-electron chi connectivity index (χ1n) is 3.96. The summed E-state index contributed by atoms with van der Waals surface area (Å²) in [5.74, 6) is 1.23. The molecule has 0 saturated heterocycles. The highest BCUT2D eigenvalue weighted by molar-refractivity contribution is 7.91. The maximum Gasteiger partial charge on any atom is 0.222 e. The molecule has 0 bridgehead atoms. The van der Waals surface area contributed by atoms with Crippen molar-refractivity contribution in [1.29, 1.82) is 0 Å². The molecule has 0 amide bonds. The maximum absolute atomic E-state index is 11.2. The number of rotatable bonds is 0. The molecule has 2 N–H and O–H groups in total. The average molecular weight is 202 g/mol. The van der Waals surface area contributed by atoms with Crippen molar-refractivity contribution in [2.24, 2.45) is 0 Å². The molecular weight excluding hydrogens is 192 g/mol. The van der Waals surface area contributed by atoms with Gasteiger partial charge in [0.25, 0.3) is 0 Å². The fourth-order valence-electron chi connectivity index (χ4n) is 1.36. The van der Waals surface area contributed by atoms with Gasteiger partial charge >= 0.3 is 0 Å². The molecular formula is C6H10N4O2S. The van der Waals surface area contributed by atoms with Crippen molar-refractivity contribution in [3.63, 3.8) is 0 Å². The first-order valence-corrected chi connectivity index (χ1v) is 5.78. The molecule has 2 heterocycles. The second kappa shape index (κ2) is 2.69. The van der Waals surface area contributed by atoms with Gasteiger partial charge in [-0.3, -0.25) is 4.57 Å². The normalized spacial score (nSPS) is 20.6. The molecule has 0 atom stereocenters. The Hall–Kier alpha value is -1.11. The van der Waals surface area contributed by atoms with Gasteiger partial charge in [0, 0.05) is 13.0 Å². The summed E-state index contributed by atoms with van der Waals surface area (Å²) in [6.45, 7) is 0.372. The van der Waals surface area contributed by atoms with E-state index in [1.807, 2.05) is 0 Å². The second-order valence-corrected chi connectivity index (χ2v) is 5.33. The van der Waals surface area contributed by atoms with Crippen LogP contribution in [0, 0.1) is 0 Å². The van der Waals surface area contributed by atoms with Crippen molar-refractivity contribution in [3.05, 3.63) is 5.82 Å². The van der Waals surface area contributed by atoms with E-state index >= 15 is 0 Å². The highest BCUT2D eigenvalue weighted by atomic mass is 32.2. The molecule has 0 radical (unpaired) electrons. The highest BCUT2D eigenvalue weighted by Gasteiger charge is 2.20. The summed E-state index contributed by atoms with van der Waals surface area (Å²) in [4.78, 5) is 0. The Balaban J connectivity index is 2.38. The third-order valence-corrected chi connectivity index (χ3v) is 3.75. The van der Waals surface area contributed by atoms with Crippen LogP contribution in [0.4, 0.5) is 5.95 Å². The van der Waals surface area contributed by atoms with E-state index in [1.54, 1.807) is 4.57 Å². The van der Waals surface area contributed by atoms with Gasteiger partial charge in [0.1, 0.15) is 5.82 Å². The fraction of sp³-hybridized carbons (Fsp3) is 0.667. The van der Waals surface area contributed by atoms with Gasteiger partial charge in [-0.1, -0.05) is 0 Å². The van der Waals surface area contributed by atoms with E-state index in [0.29, 0.717) is 24.7 Å². The molecule has 2 rings (SSSR count). The van der Waals surface area contributed by atoms with E-state index < -0.39 is 9.84 Å². The Morgan fingerprint density at radius 1 is 1.31 bits per heavy atom. The quantitative estimate of drug-likeness (QED) is 0.572. The third-order valence-electron chi connectivity index (χ3n) is 2.12. The molecule has 1 aliphatic heterocycles. The highest BCUT2D eigenvalue weighted by Crippen LogP contribution is 2.11. The van der Waals surface area contributed by atoms with Crippen LogP contribution in [-0.4, -0.2) is 34.7 Å². The number of hydrogen-bond donors (Lipinski definition) is 1. The number of aryl methyl sites for hydroxylation is 1. The minimum atomic E-state index is -2.92. The summed E-state index contributed by atoms with van der Waals surface area (Å²) in [7, 11) is -2.92. The van der Waals surface area contributed by atoms with E-state index in [9.17, 15) is 8.42 Å². The van der Waals surface area contributed by atoms with Crippen molar-refractivity contribution in [2.75, 3.05) is 17.2 Å². The van der Waals surface area contributed by atoms with Crippen LogP contribution in [0.5, 0.6) is 0 Å². The summed E-state index contributed by atoms with van der Waals surface area (Å²) in [5, 5.41) is 7.49. The Labute approximate surface area is 75.7 Å². The number of aromatic nitrogens is 3. The zero-order valence-corrected chi connectivity index (χ0v) is 7.79. The molecule has 1 aromatic heterocycles. The zero-order valence-electron chi connectivity index (χ0n) is 6.97. The molecule has 1 aromatic rings. The molecule has 0 aromatic carbocycles. The lowest BCUT2D eigenvalue weighted by atomic mass is 10.4. The standard InChI is InChI=1S/C6H10N4O2S/c7-6-9-8-5-1-3-13(11,12)4-2-10(5)6/h1-4H2,(H2,7,9). The van der Waals surface area contributed by atoms with Crippen molar-refractivity contribution < 1.29 is 8.42 Å². The van der Waals surface area contributed by atoms with Gasteiger partial charge in [-0.15, -0.1) is 10.2 Å². The topological polar surface area (TPSA) is 90.9 Å². The number of nitrogens with zero attached hydrogens (tertiary/aromatic N) is 3. The van der Waals surface area contributed by atoms with Crippen molar-refractivity contribution in [1.82, 2.24) is 14.8 Å². The maximum atomic E-state index is 11.2. The fourth-order valence-corrected chi connectivity index (χ4v) is 2.52. The van der Waals surface area contributed by atoms with Crippen molar-refractivity contribution in [3.8, 4) is 0 Å². The van der Waals surface area contributed by atoms with Crippen LogP contribution in [0.15, 0.2) is 0 Å². The molecule has 1 aliphatic rings. The first kappa shape index (κ1) is 8.49. The predicted molar refractivity (Wildman–Crippen MR) is 46.8 cm³/mol. The van der Waals surface area contributed by atoms with E-state index in [2.05, 4.69) is 10.2 Å². The number of fused-ring (bicyclic) bond motifs is 1. The lowest BCUT2D eigenvalue weighted by molar-refractivity contribution is 0.593. The molecule has 0 spiro atoms. The number of hydrogen-bond acceptors (Lipinski definition) is 5. The first-order chi connectivity index (χ1) is 6.08. The van der Waals surface area contributed by atoms with Crippen LogP contribution in [0.2, 0.25) is 0 Å². The van der Waals surface area contributed by atoms with Crippen LogP contribution in [-0.2, 0) is 22.8 Å². The molecule has 0 aliphatic carbocycles. The second-order valence-electron chi connectivity index (χ2n) is 3.03. The lowest BCUT2D eigenvalue weighted by Crippen LogP contribution is -2.13. The van der Waals surface area contributed by atoms with Gasteiger partial charge in [0.15, 0.2) is 9.84 Å². The predicted octanol–water partition coefficient (Wildman–Crippen LogP) is -1.17. The van der Waals surface area contributed by atoms with Crippen molar-refractivity contribution >= 4 is 15.8 Å². The number of anilines is 1. The van der Waals surface area contributed by atoms with Gasteiger partial charge in [-0.2, -0.15) is 0 Å². The van der Waals surface area contributed by atoms with Gasteiger partial charge in [0.05, 0.1) is 11.5 Å². The Bertz CT molecular complexity index is 422. The van der Waals surface area contributed by atoms with Gasteiger partial charge < -0.3 is 5.73 Å². The zero-order chi connectivity index (χ0) is 9.47. The molecule has 0 fully saturated rings. The van der Waals surface area contributed by atoms with Crippen LogP contribution < -0.4 is 5.73 Å². The summed E-state index contributed by atoms with van der Waals surface area (Å²) in [6.07, 6.45) is 0.409. The van der Waals surface area contributed by atoms with Crippen molar-refractivity contribution in [2.45, 2.75) is 13.0 Å². The molecule has 72 valence electrons. The molecule has 13 heavy (non-hydrogen) atoms. The Morgan fingerprint density at radius 2 is 2.08 bits per heavy atom. The van der Waals surface area contributed by atoms with Gasteiger partial charge in [0.2, 0.25) is 5.95 Å². The Kier molecular flexibility index (Phi) is 1.76. The van der Waals surface area contributed by atoms with E-state index in [1.165, 1.54) is 0 Å². The smallest absolute Gasteiger partial charge is 0.222 e. The molecule has 0 saturated carbocycles. The summed E-state index contributed by atoms with van der Waals surface area (Å²) < 4.78 is 24.1. The summed E-state index contributed by atoms with van der Waals surface area (Å²) >= 11 is 0. The minimum Gasteiger partial charge on any atom is -0.368 e. The largest absolute Gasteiger partial charge is 0.368 e. The average Bonchev–Trinajstić information content (AvgIpc) is 2.32. The van der Waals surface area contributed by atoms with E-state index in [0.717, 1.165) is 0 Å². The SMILES string of the molecule is Nc1nnc2n1CCS(=O)(=O)CC2. The van der Waals surface area contributed by atoms with Crippen LogP contribution in [0.3, 0.4) is 0 Å². The number of sulfone groups is 1. The molecule has 6 nitrogen and oxygen atoms in total. The van der Waals surface area contributed by atoms with E-state index in [-0.39, 0.29) is 11.5 Å². The summed E-state index contributed by atoms with van der Waals surface area (Å²) in [6, 6.07) is 0. The minimum absolute atomic E-state index is 0.127. The van der Waals surface area contributed by atoms with Crippen LogP contribution in [0.25, 0.3) is 0 Å².